The minimum Gasteiger partial charge on any atom is -0.370 e. The van der Waals surface area contributed by atoms with Crippen molar-refractivity contribution in [3.8, 4) is 0 Å². The lowest BCUT2D eigenvalue weighted by atomic mass is 9.78. The van der Waals surface area contributed by atoms with E-state index in [1.807, 2.05) is 19.1 Å². The zero-order chi connectivity index (χ0) is 14.6. The Kier molecular flexibility index (Phi) is 5.22. The van der Waals surface area contributed by atoms with Gasteiger partial charge in [-0.05, 0) is 49.4 Å². The lowest BCUT2D eigenvalue weighted by molar-refractivity contribution is -0.131. The molecule has 0 atom stereocenters. The minimum atomic E-state index is -0.321. The van der Waals surface area contributed by atoms with E-state index < -0.39 is 0 Å². The fourth-order valence-electron chi connectivity index (χ4n) is 2.86. The monoisotopic (exact) mass is 294 g/mol. The number of unbranched alkanes of at least 4 members (excludes halogenated alkanes) is 1. The number of ether oxygens (including phenoxy) is 1. The summed E-state index contributed by atoms with van der Waals surface area (Å²) in [6.45, 7) is 4.95. The smallest absolute Gasteiger partial charge is 0.133 e. The van der Waals surface area contributed by atoms with Gasteiger partial charge in [0.1, 0.15) is 5.78 Å². The van der Waals surface area contributed by atoms with E-state index in [1.165, 1.54) is 0 Å². The van der Waals surface area contributed by atoms with Crippen molar-refractivity contribution in [2.24, 2.45) is 0 Å². The zero-order valence-electron chi connectivity index (χ0n) is 12.4. The molecule has 110 valence electrons. The van der Waals surface area contributed by atoms with Crippen LogP contribution in [0.1, 0.15) is 56.6 Å². The number of aryl methyl sites for hydroxylation is 1. The first-order valence-corrected chi connectivity index (χ1v) is 7.87. The number of rotatable bonds is 5. The molecular formula is C17H23ClO2. The summed E-state index contributed by atoms with van der Waals surface area (Å²) in [5, 5.41) is 0.746. The highest BCUT2D eigenvalue weighted by atomic mass is 35.5. The van der Waals surface area contributed by atoms with E-state index in [4.69, 9.17) is 16.3 Å². The fraction of sp³-hybridized carbons (Fsp3) is 0.588. The summed E-state index contributed by atoms with van der Waals surface area (Å²) < 4.78 is 6.24. The molecule has 0 aliphatic heterocycles. The van der Waals surface area contributed by atoms with Crippen LogP contribution in [0.25, 0.3) is 0 Å². The molecule has 20 heavy (non-hydrogen) atoms. The average Bonchev–Trinajstić information content (AvgIpc) is 2.40. The fourth-order valence-corrected chi connectivity index (χ4v) is 3.15. The second-order valence-corrected chi connectivity index (χ2v) is 6.19. The predicted molar refractivity (Wildman–Crippen MR) is 82.2 cm³/mol. The molecule has 0 aromatic heterocycles. The molecule has 1 aliphatic carbocycles. The lowest BCUT2D eigenvalue weighted by Gasteiger charge is -2.37. The van der Waals surface area contributed by atoms with Gasteiger partial charge in [0.05, 0.1) is 5.60 Å². The van der Waals surface area contributed by atoms with Crippen LogP contribution in [-0.4, -0.2) is 12.4 Å². The second kappa shape index (κ2) is 6.73. The average molecular weight is 295 g/mol. The van der Waals surface area contributed by atoms with Crippen LogP contribution >= 0.6 is 11.6 Å². The molecule has 0 heterocycles. The van der Waals surface area contributed by atoms with Crippen molar-refractivity contribution in [3.05, 3.63) is 34.3 Å². The largest absolute Gasteiger partial charge is 0.370 e. The standard InChI is InChI=1S/C17H23ClO2/c1-3-4-9-20-17(7-5-16(19)6-8-17)14-10-13(2)11-15(18)12-14/h10-12H,3-9H2,1-2H3. The van der Waals surface area contributed by atoms with Gasteiger partial charge >= 0.3 is 0 Å². The van der Waals surface area contributed by atoms with E-state index in [0.717, 1.165) is 48.4 Å². The highest BCUT2D eigenvalue weighted by Gasteiger charge is 2.37. The van der Waals surface area contributed by atoms with Gasteiger partial charge in [-0.1, -0.05) is 31.0 Å². The van der Waals surface area contributed by atoms with E-state index in [-0.39, 0.29) is 5.60 Å². The molecule has 1 aromatic rings. The number of carbonyl (C=O) groups excluding carboxylic acids is 1. The summed E-state index contributed by atoms with van der Waals surface area (Å²) in [7, 11) is 0. The number of hydrogen-bond donors (Lipinski definition) is 0. The van der Waals surface area contributed by atoms with Gasteiger partial charge in [0, 0.05) is 24.5 Å². The number of Topliss-reactive ketones (excluding diaryl/α,β-unsaturated/α-hetero) is 1. The van der Waals surface area contributed by atoms with Crippen LogP contribution in [0.15, 0.2) is 18.2 Å². The van der Waals surface area contributed by atoms with Gasteiger partial charge in [0.15, 0.2) is 0 Å². The van der Waals surface area contributed by atoms with Gasteiger partial charge in [-0.25, -0.2) is 0 Å². The molecule has 3 heteroatoms. The van der Waals surface area contributed by atoms with E-state index in [1.54, 1.807) is 0 Å². The number of carbonyl (C=O) groups is 1. The third-order valence-corrected chi connectivity index (χ3v) is 4.28. The Balaban J connectivity index is 2.27. The number of benzene rings is 1. The summed E-state index contributed by atoms with van der Waals surface area (Å²) in [6.07, 6.45) is 4.93. The van der Waals surface area contributed by atoms with E-state index >= 15 is 0 Å². The summed E-state index contributed by atoms with van der Waals surface area (Å²) >= 11 is 6.20. The summed E-state index contributed by atoms with van der Waals surface area (Å²) in [6, 6.07) is 6.10. The van der Waals surface area contributed by atoms with Gasteiger partial charge < -0.3 is 4.74 Å². The maximum Gasteiger partial charge on any atom is 0.133 e. The Labute approximate surface area is 126 Å². The maximum absolute atomic E-state index is 11.6. The third-order valence-electron chi connectivity index (χ3n) is 4.06. The molecule has 2 nitrogen and oxygen atoms in total. The molecule has 1 fully saturated rings. The van der Waals surface area contributed by atoms with Gasteiger partial charge in [-0.15, -0.1) is 0 Å². The Hall–Kier alpha value is -0.860. The second-order valence-electron chi connectivity index (χ2n) is 5.75. The SMILES string of the molecule is CCCCOC1(c2cc(C)cc(Cl)c2)CCC(=O)CC1. The van der Waals surface area contributed by atoms with Crippen molar-refractivity contribution >= 4 is 17.4 Å². The van der Waals surface area contributed by atoms with Crippen LogP contribution in [0.2, 0.25) is 5.02 Å². The molecule has 0 bridgehead atoms. The molecule has 1 saturated carbocycles. The highest BCUT2D eigenvalue weighted by Crippen LogP contribution is 2.40. The Morgan fingerprint density at radius 1 is 1.25 bits per heavy atom. The summed E-state index contributed by atoms with van der Waals surface area (Å²) in [5.41, 5.74) is 1.95. The van der Waals surface area contributed by atoms with Crippen molar-refractivity contribution in [3.63, 3.8) is 0 Å². The van der Waals surface area contributed by atoms with Crippen LogP contribution in [0, 0.1) is 6.92 Å². The van der Waals surface area contributed by atoms with Crippen LogP contribution in [0.4, 0.5) is 0 Å². The third kappa shape index (κ3) is 3.62. The molecule has 0 radical (unpaired) electrons. The highest BCUT2D eigenvalue weighted by molar-refractivity contribution is 6.30. The van der Waals surface area contributed by atoms with Gasteiger partial charge in [-0.2, -0.15) is 0 Å². The predicted octanol–water partition coefficient (Wildman–Crippen LogP) is 4.80. The van der Waals surface area contributed by atoms with Crippen molar-refractivity contribution in [1.29, 1.82) is 0 Å². The summed E-state index contributed by atoms with van der Waals surface area (Å²) in [5.74, 6) is 0.346. The topological polar surface area (TPSA) is 26.3 Å². The first-order chi connectivity index (χ1) is 9.55. The number of halogens is 1. The van der Waals surface area contributed by atoms with Gasteiger partial charge in [0.2, 0.25) is 0 Å². The molecule has 0 spiro atoms. The van der Waals surface area contributed by atoms with E-state index in [0.29, 0.717) is 18.6 Å². The molecule has 0 N–H and O–H groups in total. The van der Waals surface area contributed by atoms with Crippen LogP contribution in [0.5, 0.6) is 0 Å². The maximum atomic E-state index is 11.6. The Morgan fingerprint density at radius 3 is 2.55 bits per heavy atom. The van der Waals surface area contributed by atoms with Crippen molar-refractivity contribution in [2.75, 3.05) is 6.61 Å². The van der Waals surface area contributed by atoms with Gasteiger partial charge in [0.25, 0.3) is 0 Å². The lowest BCUT2D eigenvalue weighted by Crippen LogP contribution is -2.35. The molecule has 1 aliphatic rings. The van der Waals surface area contributed by atoms with Crippen LogP contribution in [0.3, 0.4) is 0 Å². The molecule has 1 aromatic carbocycles. The Morgan fingerprint density at radius 2 is 1.95 bits per heavy atom. The first kappa shape index (κ1) is 15.5. The van der Waals surface area contributed by atoms with Gasteiger partial charge in [-0.3, -0.25) is 4.79 Å². The van der Waals surface area contributed by atoms with Crippen molar-refractivity contribution in [1.82, 2.24) is 0 Å². The van der Waals surface area contributed by atoms with Crippen LogP contribution < -0.4 is 0 Å². The molecule has 0 amide bonds. The van der Waals surface area contributed by atoms with Crippen molar-refractivity contribution in [2.45, 2.75) is 58.0 Å². The zero-order valence-corrected chi connectivity index (χ0v) is 13.1. The molecule has 2 rings (SSSR count). The van der Waals surface area contributed by atoms with Crippen molar-refractivity contribution < 1.29 is 9.53 Å². The van der Waals surface area contributed by atoms with E-state index in [9.17, 15) is 4.79 Å². The summed E-state index contributed by atoms with van der Waals surface area (Å²) in [4.78, 5) is 11.6. The quantitative estimate of drug-likeness (QED) is 0.729. The Bertz CT molecular complexity index is 452. The molecule has 0 unspecified atom stereocenters. The van der Waals surface area contributed by atoms with E-state index in [2.05, 4.69) is 13.0 Å². The molecular weight excluding hydrogens is 272 g/mol. The number of hydrogen-bond acceptors (Lipinski definition) is 2. The van der Waals surface area contributed by atoms with Crippen LogP contribution in [-0.2, 0) is 15.1 Å². The number of ketones is 1. The first-order valence-electron chi connectivity index (χ1n) is 7.49. The molecule has 0 saturated heterocycles. The minimum absolute atomic E-state index is 0.321. The normalized spacial score (nSPS) is 18.2.